The summed E-state index contributed by atoms with van der Waals surface area (Å²) in [5, 5.41) is 1.99. The lowest BCUT2D eigenvalue weighted by molar-refractivity contribution is -0.0611. The van der Waals surface area contributed by atoms with Crippen molar-refractivity contribution in [1.82, 2.24) is 24.3 Å². The molecule has 1 atom stereocenters. The Labute approximate surface area is 210 Å². The van der Waals surface area contributed by atoms with E-state index in [4.69, 9.17) is 10.5 Å². The third-order valence-electron chi connectivity index (χ3n) is 6.87. The van der Waals surface area contributed by atoms with Gasteiger partial charge in [-0.15, -0.1) is 11.3 Å². The summed E-state index contributed by atoms with van der Waals surface area (Å²) in [7, 11) is 1.67. The summed E-state index contributed by atoms with van der Waals surface area (Å²) in [5.41, 5.74) is 12.5. The van der Waals surface area contributed by atoms with E-state index in [9.17, 15) is 4.79 Å². The van der Waals surface area contributed by atoms with Gasteiger partial charge in [0, 0.05) is 24.1 Å². The van der Waals surface area contributed by atoms with E-state index < -0.39 is 23.4 Å². The van der Waals surface area contributed by atoms with Gasteiger partial charge in [0.1, 0.15) is 17.2 Å². The molecule has 0 bridgehead atoms. The van der Waals surface area contributed by atoms with Crippen LogP contribution in [-0.2, 0) is 10.3 Å². The van der Waals surface area contributed by atoms with Crippen molar-refractivity contribution in [3.63, 3.8) is 0 Å². The SMILES string of the molecule is CN(C(=O)c1cc2c(cc1F)nc(N)c1cncn12)[C@@H]1COC(C)(C)c2cc(-c3cscn3)ccc21. The lowest BCUT2D eigenvalue weighted by Gasteiger charge is -2.41. The topological polar surface area (TPSA) is 98.6 Å². The van der Waals surface area contributed by atoms with Gasteiger partial charge >= 0.3 is 0 Å². The molecule has 6 rings (SSSR count). The van der Waals surface area contributed by atoms with Crippen LogP contribution >= 0.6 is 11.3 Å². The Bertz CT molecular complexity index is 1650. The van der Waals surface area contributed by atoms with Gasteiger partial charge in [0.25, 0.3) is 5.91 Å². The van der Waals surface area contributed by atoms with Crippen LogP contribution in [0.2, 0.25) is 0 Å². The normalized spacial score (nSPS) is 16.8. The number of thiazole rings is 1. The van der Waals surface area contributed by atoms with Crippen LogP contribution in [0.25, 0.3) is 27.8 Å². The van der Waals surface area contributed by atoms with E-state index in [0.717, 1.165) is 22.4 Å². The quantitative estimate of drug-likeness (QED) is 0.380. The van der Waals surface area contributed by atoms with Crippen molar-refractivity contribution in [2.45, 2.75) is 25.5 Å². The molecule has 0 aliphatic carbocycles. The molecule has 0 unspecified atom stereocenters. The smallest absolute Gasteiger partial charge is 0.257 e. The number of carbonyl (C=O) groups is 1. The van der Waals surface area contributed by atoms with Crippen LogP contribution in [0.3, 0.4) is 0 Å². The lowest BCUT2D eigenvalue weighted by atomic mass is 9.84. The minimum Gasteiger partial charge on any atom is -0.382 e. The number of halogens is 1. The summed E-state index contributed by atoms with van der Waals surface area (Å²) in [6, 6.07) is 8.44. The van der Waals surface area contributed by atoms with E-state index in [-0.39, 0.29) is 18.0 Å². The Hall–Kier alpha value is -3.89. The maximum atomic E-state index is 15.2. The third kappa shape index (κ3) is 3.44. The number of benzene rings is 2. The molecule has 8 nitrogen and oxygen atoms in total. The fourth-order valence-corrected chi connectivity index (χ4v) is 5.41. The molecule has 4 heterocycles. The van der Waals surface area contributed by atoms with Crippen molar-refractivity contribution >= 4 is 39.6 Å². The van der Waals surface area contributed by atoms with Crippen molar-refractivity contribution < 1.29 is 13.9 Å². The van der Waals surface area contributed by atoms with Gasteiger partial charge < -0.3 is 15.4 Å². The molecule has 0 fully saturated rings. The molecular weight excluding hydrogens is 479 g/mol. The maximum absolute atomic E-state index is 15.2. The van der Waals surface area contributed by atoms with E-state index in [1.165, 1.54) is 28.4 Å². The monoisotopic (exact) mass is 502 g/mol. The molecule has 2 N–H and O–H groups in total. The van der Waals surface area contributed by atoms with Crippen LogP contribution < -0.4 is 5.73 Å². The number of ether oxygens (including phenoxy) is 1. The van der Waals surface area contributed by atoms with Crippen molar-refractivity contribution in [3.8, 4) is 11.3 Å². The first-order chi connectivity index (χ1) is 17.2. The lowest BCUT2D eigenvalue weighted by Crippen LogP contribution is -2.41. The van der Waals surface area contributed by atoms with Gasteiger partial charge in [-0.3, -0.25) is 9.20 Å². The number of imidazole rings is 1. The summed E-state index contributed by atoms with van der Waals surface area (Å²) in [6.45, 7) is 4.30. The number of nitrogen functional groups attached to an aromatic ring is 1. The maximum Gasteiger partial charge on any atom is 0.257 e. The molecule has 1 aliphatic heterocycles. The number of carbonyl (C=O) groups excluding carboxylic acids is 1. The van der Waals surface area contributed by atoms with Crippen LogP contribution in [0, 0.1) is 5.82 Å². The summed E-state index contributed by atoms with van der Waals surface area (Å²) in [6.07, 6.45) is 3.15. The van der Waals surface area contributed by atoms with Crippen molar-refractivity contribution in [3.05, 3.63) is 76.3 Å². The molecule has 0 radical (unpaired) electrons. The zero-order valence-electron chi connectivity index (χ0n) is 19.9. The number of likely N-dealkylation sites (N-methyl/N-ethyl adjacent to an activating group) is 1. The van der Waals surface area contributed by atoms with Crippen molar-refractivity contribution in [2.75, 3.05) is 19.4 Å². The van der Waals surface area contributed by atoms with E-state index in [1.54, 1.807) is 29.5 Å². The first-order valence-electron chi connectivity index (χ1n) is 11.4. The average molecular weight is 503 g/mol. The van der Waals surface area contributed by atoms with Crippen LogP contribution in [0.4, 0.5) is 10.2 Å². The summed E-state index contributed by atoms with van der Waals surface area (Å²) < 4.78 is 23.1. The average Bonchev–Trinajstić information content (AvgIpc) is 3.56. The minimum atomic E-state index is -0.665. The second-order valence-electron chi connectivity index (χ2n) is 9.40. The fourth-order valence-electron chi connectivity index (χ4n) is 4.85. The van der Waals surface area contributed by atoms with E-state index in [1.807, 2.05) is 31.4 Å². The molecule has 10 heteroatoms. The number of fused-ring (bicyclic) bond motifs is 4. The van der Waals surface area contributed by atoms with Gasteiger partial charge in [-0.1, -0.05) is 12.1 Å². The fraction of sp³-hybridized carbons (Fsp3) is 0.231. The molecule has 0 saturated heterocycles. The molecule has 36 heavy (non-hydrogen) atoms. The Morgan fingerprint density at radius 3 is 2.89 bits per heavy atom. The second-order valence-corrected chi connectivity index (χ2v) is 10.1. The first kappa shape index (κ1) is 22.6. The van der Waals surface area contributed by atoms with E-state index >= 15 is 4.39 Å². The largest absolute Gasteiger partial charge is 0.382 e. The summed E-state index contributed by atoms with van der Waals surface area (Å²) in [5.74, 6) is -0.879. The van der Waals surface area contributed by atoms with Gasteiger partial charge in [0.15, 0.2) is 0 Å². The number of anilines is 1. The predicted molar refractivity (Wildman–Crippen MR) is 136 cm³/mol. The number of nitrogens with two attached hydrogens (primary N) is 1. The van der Waals surface area contributed by atoms with E-state index in [2.05, 4.69) is 21.0 Å². The standard InChI is InChI=1S/C26H23FN6O2S/c1-26(2)17-6-14(20-11-36-13-30-20)4-5-15(17)23(10-35-26)32(3)25(34)16-7-21-19(8-18(16)27)31-24(28)22-9-29-12-33(21)22/h4-9,11-13,23H,10H2,1-3H3,(H2,28,31)/t23-/m1/s1. The highest BCUT2D eigenvalue weighted by Crippen LogP contribution is 2.41. The minimum absolute atomic E-state index is 0.0583. The highest BCUT2D eigenvalue weighted by molar-refractivity contribution is 7.07. The number of aromatic nitrogens is 4. The van der Waals surface area contributed by atoms with Gasteiger partial charge in [-0.05, 0) is 37.1 Å². The zero-order chi connectivity index (χ0) is 25.2. The first-order valence-corrected chi connectivity index (χ1v) is 12.3. The van der Waals surface area contributed by atoms with Crippen molar-refractivity contribution in [2.24, 2.45) is 0 Å². The van der Waals surface area contributed by atoms with Crippen LogP contribution in [0.15, 0.2) is 53.7 Å². The van der Waals surface area contributed by atoms with Crippen molar-refractivity contribution in [1.29, 1.82) is 0 Å². The van der Waals surface area contributed by atoms with Gasteiger partial charge in [0.05, 0.1) is 58.6 Å². The molecular formula is C26H23FN6O2S. The molecule has 2 aromatic carbocycles. The van der Waals surface area contributed by atoms with Gasteiger partial charge in [0.2, 0.25) is 0 Å². The molecule has 3 aromatic heterocycles. The van der Waals surface area contributed by atoms with Crippen LogP contribution in [0.5, 0.6) is 0 Å². The van der Waals surface area contributed by atoms with Gasteiger partial charge in [-0.2, -0.15) is 0 Å². The Morgan fingerprint density at radius 2 is 2.11 bits per heavy atom. The molecule has 0 saturated carbocycles. The Balaban J connectivity index is 1.41. The van der Waals surface area contributed by atoms with Crippen LogP contribution in [0.1, 0.15) is 41.4 Å². The predicted octanol–water partition coefficient (Wildman–Crippen LogP) is 4.81. The Morgan fingerprint density at radius 1 is 1.28 bits per heavy atom. The summed E-state index contributed by atoms with van der Waals surface area (Å²) in [4.78, 5) is 28.0. The second kappa shape index (κ2) is 8.07. The third-order valence-corrected chi connectivity index (χ3v) is 7.46. The summed E-state index contributed by atoms with van der Waals surface area (Å²) >= 11 is 1.53. The Kier molecular flexibility index (Phi) is 5.06. The number of nitrogens with zero attached hydrogens (tertiary/aromatic N) is 5. The highest BCUT2D eigenvalue weighted by Gasteiger charge is 2.37. The van der Waals surface area contributed by atoms with Gasteiger partial charge in [-0.25, -0.2) is 19.3 Å². The number of hydrogen-bond donors (Lipinski definition) is 1. The zero-order valence-corrected chi connectivity index (χ0v) is 20.7. The van der Waals surface area contributed by atoms with Crippen LogP contribution in [-0.4, -0.2) is 43.8 Å². The molecule has 1 aliphatic rings. The molecule has 0 spiro atoms. The molecule has 5 aromatic rings. The number of amides is 1. The highest BCUT2D eigenvalue weighted by atomic mass is 32.1. The number of rotatable bonds is 3. The molecule has 1 amide bonds. The van der Waals surface area contributed by atoms with E-state index in [0.29, 0.717) is 16.6 Å². The molecule has 182 valence electrons. The number of hydrogen-bond acceptors (Lipinski definition) is 7.